The van der Waals surface area contributed by atoms with Crippen LogP contribution in [0.4, 0.5) is 4.79 Å². The van der Waals surface area contributed by atoms with Crippen molar-refractivity contribution in [2.75, 3.05) is 91.6 Å². The van der Waals surface area contributed by atoms with Crippen LogP contribution in [0.15, 0.2) is 42.5 Å². The number of rotatable bonds is 27. The summed E-state index contributed by atoms with van der Waals surface area (Å²) in [5.41, 5.74) is 0.803. The van der Waals surface area contributed by atoms with Gasteiger partial charge in [0.15, 0.2) is 0 Å². The summed E-state index contributed by atoms with van der Waals surface area (Å²) in [7, 11) is 0. The van der Waals surface area contributed by atoms with Crippen molar-refractivity contribution in [3.8, 4) is 0 Å². The van der Waals surface area contributed by atoms with Crippen LogP contribution in [-0.4, -0.2) is 220 Å². The van der Waals surface area contributed by atoms with Crippen molar-refractivity contribution in [2.24, 2.45) is 11.8 Å². The minimum Gasteiger partial charge on any atom is -0.481 e. The van der Waals surface area contributed by atoms with Crippen LogP contribution < -0.4 is 26.6 Å². The van der Waals surface area contributed by atoms with Crippen LogP contribution in [-0.2, 0) is 49.6 Å². The van der Waals surface area contributed by atoms with Crippen LogP contribution in [0.3, 0.4) is 0 Å². The zero-order chi connectivity index (χ0) is 54.2. The molecule has 1 saturated heterocycles. The van der Waals surface area contributed by atoms with E-state index in [1.54, 1.807) is 14.7 Å². The standard InChI is InChI=1S/C49H71N9O16.Lu/c59-40(28-55-17-19-56(29-42(62)63)21-23-58(31-44(66)67)24-22-57(20-18-55)30-43(64)65)51-27-32-8-12-35(13-9-32)45(68)52-39(26-33-10-11-34-5-1-2-6-36(34)25-33)46(69)50-16-4-3-7-37(47(70)71)53-49(74)54-38(48(72)73)14-15-41(60)61;/h1-2,5-6,10-11,25,32,35,37-39H,3-4,7-9,12-24,26-31H2,(H,50,69)(H,51,59)(H,52,68)(H,60,61)(H,62,63)(H,64,65)(H,66,67)(H,70,71)(H,72,73)(H2,53,54,74);/t32?,35?,37?,38-,39-;/m0./s1. The Morgan fingerprint density at radius 3 is 1.52 bits per heavy atom. The Kier molecular flexibility index (Phi) is 28.3. The number of fused-ring (bicyclic) bond motifs is 1. The third kappa shape index (κ3) is 24.7. The second-order valence-corrected chi connectivity index (χ2v) is 18.9. The SMILES string of the molecule is O=C(O)CC[C@H](NC(=O)NC(CCCCNC(=O)[C@H](Cc1ccc2ccccc2c1)NC(=O)C1CCC(CNC(=O)CN2CCN(CC(=O)O)CCN(CC(=O)O)CCN(CC(=O)O)CC2)CC1)C(=O)O)C(=O)O.[Lu]. The van der Waals surface area contributed by atoms with E-state index >= 15 is 0 Å². The number of unbranched alkanes of at least 4 members (excludes halogenated alkanes) is 1. The zero-order valence-corrected chi connectivity index (χ0v) is 43.4. The summed E-state index contributed by atoms with van der Waals surface area (Å²) < 4.78 is 0. The normalized spacial score (nSPS) is 18.5. The van der Waals surface area contributed by atoms with Gasteiger partial charge < -0.3 is 57.2 Å². The van der Waals surface area contributed by atoms with Gasteiger partial charge in [0.25, 0.3) is 0 Å². The summed E-state index contributed by atoms with van der Waals surface area (Å²) >= 11 is 0. The molecule has 11 N–H and O–H groups in total. The maximum atomic E-state index is 13.8. The Bertz CT molecular complexity index is 2240. The molecule has 2 aliphatic rings. The minimum absolute atomic E-state index is 0. The molecule has 1 unspecified atom stereocenters. The van der Waals surface area contributed by atoms with Gasteiger partial charge in [0.1, 0.15) is 18.1 Å². The van der Waals surface area contributed by atoms with E-state index in [1.165, 1.54) is 0 Å². The number of nitrogens with zero attached hydrogens (tertiary/aromatic N) is 4. The fraction of sp³-hybridized carbons (Fsp3) is 0.592. The van der Waals surface area contributed by atoms with Gasteiger partial charge in [0, 0.05) is 121 Å². The fourth-order valence-corrected chi connectivity index (χ4v) is 8.98. The van der Waals surface area contributed by atoms with Gasteiger partial charge in [-0.3, -0.25) is 53.2 Å². The van der Waals surface area contributed by atoms with E-state index in [1.807, 2.05) is 47.4 Å². The second-order valence-electron chi connectivity index (χ2n) is 18.9. The quantitative estimate of drug-likeness (QED) is 0.0508. The first-order valence-corrected chi connectivity index (χ1v) is 24.9. The van der Waals surface area contributed by atoms with Crippen LogP contribution in [0.25, 0.3) is 10.8 Å². The van der Waals surface area contributed by atoms with Crippen molar-refractivity contribution >= 4 is 70.3 Å². The molecule has 0 spiro atoms. The number of carbonyl (C=O) groups is 10. The first kappa shape index (κ1) is 63.6. The molecule has 25 nitrogen and oxygen atoms in total. The van der Waals surface area contributed by atoms with Crippen molar-refractivity contribution in [1.82, 2.24) is 46.2 Å². The summed E-state index contributed by atoms with van der Waals surface area (Å²) in [6.45, 7) is 1.73. The number of nitrogens with one attached hydrogen (secondary N) is 5. The topological polar surface area (TPSA) is 365 Å². The van der Waals surface area contributed by atoms with Gasteiger partial charge in [-0.05, 0) is 73.6 Å². The first-order chi connectivity index (χ1) is 35.2. The number of benzene rings is 2. The maximum absolute atomic E-state index is 13.8. The number of aliphatic carboxylic acids is 6. The third-order valence-corrected chi connectivity index (χ3v) is 13.1. The number of amides is 5. The Morgan fingerprint density at radius 1 is 0.533 bits per heavy atom. The number of carboxylic acid groups (broad SMARTS) is 6. The molecule has 1 aliphatic heterocycles. The fourth-order valence-electron chi connectivity index (χ4n) is 8.98. The van der Waals surface area contributed by atoms with Gasteiger partial charge >= 0.3 is 41.8 Å². The molecule has 0 bridgehead atoms. The minimum atomic E-state index is -1.55. The van der Waals surface area contributed by atoms with Gasteiger partial charge in [-0.15, -0.1) is 0 Å². The third-order valence-electron chi connectivity index (χ3n) is 13.1. The molecule has 26 heteroatoms. The first-order valence-electron chi connectivity index (χ1n) is 24.9. The van der Waals surface area contributed by atoms with Gasteiger partial charge in [-0.1, -0.05) is 42.5 Å². The van der Waals surface area contributed by atoms with Crippen molar-refractivity contribution < 1.29 is 115 Å². The summed E-state index contributed by atoms with van der Waals surface area (Å²) in [4.78, 5) is 129. The van der Waals surface area contributed by atoms with Gasteiger partial charge in [0.05, 0.1) is 26.2 Å². The molecular weight excluding hydrogens is 1150 g/mol. The average Bonchev–Trinajstić information content (AvgIpc) is 3.34. The molecule has 1 heterocycles. The van der Waals surface area contributed by atoms with E-state index in [-0.39, 0.29) is 152 Å². The summed E-state index contributed by atoms with van der Waals surface area (Å²) in [5, 5.41) is 71.4. The number of carbonyl (C=O) groups excluding carboxylic acids is 4. The van der Waals surface area contributed by atoms with E-state index in [0.29, 0.717) is 45.3 Å². The number of urea groups is 1. The molecule has 0 aromatic heterocycles. The number of hydrogen-bond donors (Lipinski definition) is 11. The van der Waals surface area contributed by atoms with Crippen molar-refractivity contribution in [2.45, 2.75) is 82.3 Å². The summed E-state index contributed by atoms with van der Waals surface area (Å²) in [6, 6.07) is 8.44. The zero-order valence-electron chi connectivity index (χ0n) is 41.7. The second kappa shape index (κ2) is 33.3. The van der Waals surface area contributed by atoms with Gasteiger partial charge in [-0.25, -0.2) is 14.4 Å². The molecule has 2 fully saturated rings. The molecule has 5 amide bonds. The van der Waals surface area contributed by atoms with E-state index in [2.05, 4.69) is 26.6 Å². The van der Waals surface area contributed by atoms with Gasteiger partial charge in [0.2, 0.25) is 17.7 Å². The van der Waals surface area contributed by atoms with Crippen LogP contribution >= 0.6 is 0 Å². The predicted octanol–water partition coefficient (Wildman–Crippen LogP) is -0.378. The van der Waals surface area contributed by atoms with Crippen LogP contribution in [0.5, 0.6) is 0 Å². The Morgan fingerprint density at radius 2 is 1.03 bits per heavy atom. The Labute approximate surface area is 463 Å². The van der Waals surface area contributed by atoms with Crippen LogP contribution in [0.2, 0.25) is 0 Å². The molecule has 1 aliphatic carbocycles. The number of hydrogen-bond acceptors (Lipinski definition) is 14. The summed E-state index contributed by atoms with van der Waals surface area (Å²) in [5.74, 6) is -8.66. The molecule has 3 atom stereocenters. The monoisotopic (exact) mass is 1220 g/mol. The molecule has 1 radical (unpaired) electrons. The van der Waals surface area contributed by atoms with E-state index in [0.717, 1.165) is 16.3 Å². The Hall–Kier alpha value is -5.73. The van der Waals surface area contributed by atoms with E-state index in [4.69, 9.17) is 5.11 Å². The van der Waals surface area contributed by atoms with Gasteiger partial charge in [-0.2, -0.15) is 0 Å². The molecular formula is C49H71LuN9O16. The molecule has 1 saturated carbocycles. The smallest absolute Gasteiger partial charge is 0.326 e. The number of carboxylic acids is 6. The van der Waals surface area contributed by atoms with Crippen molar-refractivity contribution in [3.05, 3.63) is 48.0 Å². The Balaban J connectivity index is 0.0000148. The molecule has 2 aromatic carbocycles. The van der Waals surface area contributed by atoms with E-state index < -0.39 is 84.6 Å². The summed E-state index contributed by atoms with van der Waals surface area (Å²) in [6.07, 6.45) is 1.91. The predicted molar refractivity (Wildman–Crippen MR) is 265 cm³/mol. The molecule has 75 heavy (non-hydrogen) atoms. The van der Waals surface area contributed by atoms with Crippen molar-refractivity contribution in [1.29, 1.82) is 0 Å². The van der Waals surface area contributed by atoms with Crippen LogP contribution in [0.1, 0.15) is 63.4 Å². The largest absolute Gasteiger partial charge is 0.481 e. The van der Waals surface area contributed by atoms with Crippen LogP contribution in [0, 0.1) is 48.7 Å². The molecule has 423 valence electrons. The maximum Gasteiger partial charge on any atom is 0.326 e. The molecule has 2 aromatic rings. The van der Waals surface area contributed by atoms with Crippen molar-refractivity contribution in [3.63, 3.8) is 0 Å². The average molecular weight is 1220 g/mol. The van der Waals surface area contributed by atoms with E-state index in [9.17, 15) is 73.5 Å². The molecule has 4 rings (SSSR count).